The molecule has 2 heteroatoms. The Bertz CT molecular complexity index is 13.5. The summed E-state index contributed by atoms with van der Waals surface area (Å²) >= 11 is 2.78. The van der Waals surface area contributed by atoms with Gasteiger partial charge in [0.05, 0.1) is 0 Å². The summed E-state index contributed by atoms with van der Waals surface area (Å²) in [5, 5.41) is 0. The topological polar surface area (TPSA) is 0 Å². The van der Waals surface area contributed by atoms with Gasteiger partial charge in [0.25, 0.3) is 0 Å². The van der Waals surface area contributed by atoms with Crippen LogP contribution in [0, 0.1) is 4.99 Å². The van der Waals surface area contributed by atoms with Gasteiger partial charge in [0, 0.05) is 21.1 Å². The van der Waals surface area contributed by atoms with Gasteiger partial charge in [-0.05, 0) is 0 Å². The Labute approximate surface area is 48.7 Å². The van der Waals surface area contributed by atoms with Crippen molar-refractivity contribution in [2.45, 2.75) is 0 Å². The molecule has 24 valence electrons. The molecular formula is C2H2BrW-. The summed E-state index contributed by atoms with van der Waals surface area (Å²) in [4.78, 5) is 2.31. The molecule has 0 N–H and O–H groups in total. The van der Waals surface area contributed by atoms with Crippen LogP contribution in [0.2, 0.25) is 0 Å². The van der Waals surface area contributed by atoms with Crippen molar-refractivity contribution in [1.82, 2.24) is 0 Å². The quantitative estimate of drug-likeness (QED) is 0.590. The molecule has 0 saturated carbocycles. The van der Waals surface area contributed by atoms with Gasteiger partial charge >= 0.3 is 0 Å². The van der Waals surface area contributed by atoms with E-state index in [0.717, 1.165) is 0 Å². The second kappa shape index (κ2) is 9.08. The minimum absolute atomic E-state index is 0. The zero-order valence-electron chi connectivity index (χ0n) is 1.99. The first-order valence-electron chi connectivity index (χ1n) is 0.543. The summed E-state index contributed by atoms with van der Waals surface area (Å²) < 4.78 is 0. The minimum atomic E-state index is 0. The summed E-state index contributed by atoms with van der Waals surface area (Å²) in [6, 6.07) is 0. The van der Waals surface area contributed by atoms with Crippen molar-refractivity contribution in [3.63, 3.8) is 0 Å². The van der Waals surface area contributed by atoms with E-state index in [0.29, 0.717) is 0 Å². The molecule has 0 radical (unpaired) electrons. The molecule has 0 saturated heterocycles. The van der Waals surface area contributed by atoms with E-state index in [1.165, 1.54) is 0 Å². The van der Waals surface area contributed by atoms with Gasteiger partial charge in [-0.15, -0.1) is 0 Å². The van der Waals surface area contributed by atoms with E-state index in [-0.39, 0.29) is 21.1 Å². The van der Waals surface area contributed by atoms with Crippen LogP contribution in [0.4, 0.5) is 0 Å². The third-order valence-electron chi connectivity index (χ3n) is 0. The van der Waals surface area contributed by atoms with E-state index in [1.807, 2.05) is 0 Å². The van der Waals surface area contributed by atoms with Crippen molar-refractivity contribution in [3.05, 3.63) is 11.6 Å². The Morgan fingerprint density at radius 3 is 1.75 bits per heavy atom. The van der Waals surface area contributed by atoms with Crippen LogP contribution in [0.25, 0.3) is 0 Å². The van der Waals surface area contributed by atoms with Crippen LogP contribution in [-0.4, -0.2) is 0 Å². The molecule has 4 heavy (non-hydrogen) atoms. The van der Waals surface area contributed by atoms with Crippen molar-refractivity contribution in [3.8, 4) is 0 Å². The Kier molecular flexibility index (Phi) is 20.1. The second-order valence-electron chi connectivity index (χ2n) is 0.134. The predicted molar refractivity (Wildman–Crippen MR) is 17.8 cm³/mol. The summed E-state index contributed by atoms with van der Waals surface area (Å²) in [5.41, 5.74) is 0. The summed E-state index contributed by atoms with van der Waals surface area (Å²) in [5.74, 6) is 0. The molecule has 0 aromatic heterocycles. The molecule has 0 unspecified atom stereocenters. The number of halogens is 1. The maximum atomic E-state index is 3.15. The Morgan fingerprint density at radius 1 is 1.75 bits per heavy atom. The smallest absolute Gasteiger partial charge is 0 e. The molecule has 0 nitrogen and oxygen atoms in total. The number of rotatable bonds is 0. The molecule has 0 aromatic carbocycles. The zero-order chi connectivity index (χ0) is 2.71. The molecular weight excluding hydrogens is 288 g/mol. The number of hydrogen-bond acceptors (Lipinski definition) is 0. The first kappa shape index (κ1) is 8.86. The van der Waals surface area contributed by atoms with E-state index in [4.69, 9.17) is 0 Å². The summed E-state index contributed by atoms with van der Waals surface area (Å²) in [6.45, 7) is 3.15. The first-order chi connectivity index (χ1) is 1.41. The van der Waals surface area contributed by atoms with Crippen molar-refractivity contribution >= 4 is 15.9 Å². The third kappa shape index (κ3) is 12.8. The van der Waals surface area contributed by atoms with Crippen LogP contribution in [-0.2, 0) is 21.1 Å². The van der Waals surface area contributed by atoms with Crippen molar-refractivity contribution < 1.29 is 21.1 Å². The van der Waals surface area contributed by atoms with Crippen LogP contribution < -0.4 is 0 Å². The fourth-order valence-electron chi connectivity index (χ4n) is 0. The van der Waals surface area contributed by atoms with Crippen LogP contribution in [0.15, 0.2) is 6.58 Å². The zero-order valence-corrected chi connectivity index (χ0v) is 6.51. The van der Waals surface area contributed by atoms with Gasteiger partial charge < -0.3 is 20.9 Å². The van der Waals surface area contributed by atoms with Crippen LogP contribution in [0.3, 0.4) is 0 Å². The van der Waals surface area contributed by atoms with E-state index < -0.39 is 0 Å². The number of hydrogen-bond donors (Lipinski definition) is 0. The van der Waals surface area contributed by atoms with Gasteiger partial charge in [-0.25, -0.2) is 0 Å². The van der Waals surface area contributed by atoms with Crippen LogP contribution in [0.1, 0.15) is 0 Å². The average molecular weight is 290 g/mol. The molecule has 0 amide bonds. The molecule has 0 rings (SSSR count). The van der Waals surface area contributed by atoms with E-state index >= 15 is 0 Å². The van der Waals surface area contributed by atoms with Gasteiger partial charge in [-0.1, -0.05) is 0 Å². The Balaban J connectivity index is 0. The van der Waals surface area contributed by atoms with Gasteiger partial charge in [0.2, 0.25) is 0 Å². The molecule has 0 spiro atoms. The molecule has 0 aromatic rings. The largest absolute Gasteiger partial charge is 0.430 e. The van der Waals surface area contributed by atoms with Crippen LogP contribution in [0.5, 0.6) is 0 Å². The van der Waals surface area contributed by atoms with E-state index in [2.05, 4.69) is 27.5 Å². The molecule has 0 atom stereocenters. The van der Waals surface area contributed by atoms with Crippen molar-refractivity contribution in [2.75, 3.05) is 0 Å². The molecule has 0 aliphatic rings. The third-order valence-corrected chi connectivity index (χ3v) is 0. The second-order valence-corrected chi connectivity index (χ2v) is 0.694. The fourth-order valence-corrected chi connectivity index (χ4v) is 0. The maximum Gasteiger partial charge on any atom is 0 e. The monoisotopic (exact) mass is 289 g/mol. The molecule has 0 fully saturated rings. The van der Waals surface area contributed by atoms with E-state index in [1.54, 1.807) is 0 Å². The predicted octanol–water partition coefficient (Wildman–Crippen LogP) is 1.33. The Morgan fingerprint density at radius 2 is 1.75 bits per heavy atom. The minimum Gasteiger partial charge on any atom is -0.430 e. The summed E-state index contributed by atoms with van der Waals surface area (Å²) in [7, 11) is 0. The molecule has 0 bridgehead atoms. The Hall–Kier alpha value is 0.908. The standard InChI is InChI=1S/C2H2Br.W/c1-2-3;/h1H2;/q-1;. The maximum absolute atomic E-state index is 3.15. The van der Waals surface area contributed by atoms with Gasteiger partial charge in [0.1, 0.15) is 0 Å². The fraction of sp³-hybridized carbons (Fsp3) is 0. The molecule has 0 heterocycles. The van der Waals surface area contributed by atoms with E-state index in [9.17, 15) is 0 Å². The summed E-state index contributed by atoms with van der Waals surface area (Å²) in [6.07, 6.45) is 0. The molecule has 0 aliphatic heterocycles. The van der Waals surface area contributed by atoms with Crippen molar-refractivity contribution in [1.29, 1.82) is 0 Å². The van der Waals surface area contributed by atoms with Gasteiger partial charge in [-0.3, -0.25) is 6.58 Å². The van der Waals surface area contributed by atoms with Gasteiger partial charge in [-0.2, -0.15) is 0 Å². The SMILES string of the molecule is C=[C-]Br.[W]. The first-order valence-corrected chi connectivity index (χ1v) is 1.34. The normalized spacial score (nSPS) is 3.25. The average Bonchev–Trinajstić information content (AvgIpc) is 0.918. The van der Waals surface area contributed by atoms with Crippen LogP contribution >= 0.6 is 15.9 Å². The van der Waals surface area contributed by atoms with Crippen molar-refractivity contribution in [2.24, 2.45) is 0 Å². The van der Waals surface area contributed by atoms with Gasteiger partial charge in [0.15, 0.2) is 0 Å². The molecule has 0 aliphatic carbocycles.